The van der Waals surface area contributed by atoms with Crippen LogP contribution in [0.25, 0.3) is 10.2 Å². The first-order valence-corrected chi connectivity index (χ1v) is 9.16. The monoisotopic (exact) mass is 370 g/mol. The first-order chi connectivity index (χ1) is 12.7. The van der Waals surface area contributed by atoms with E-state index in [1.807, 2.05) is 24.3 Å². The van der Waals surface area contributed by atoms with Gasteiger partial charge in [-0.05, 0) is 41.4 Å². The lowest BCUT2D eigenvalue weighted by atomic mass is 10.2. The summed E-state index contributed by atoms with van der Waals surface area (Å²) < 4.78 is 6.47. The molecule has 1 N–H and O–H groups in total. The number of benzene rings is 1. The Hall–Kier alpha value is -2.71. The summed E-state index contributed by atoms with van der Waals surface area (Å²) in [6.45, 7) is 3.63. The molecule has 1 amide bonds. The van der Waals surface area contributed by atoms with E-state index in [9.17, 15) is 9.59 Å². The van der Waals surface area contributed by atoms with E-state index in [1.165, 1.54) is 0 Å². The molecule has 8 heteroatoms. The summed E-state index contributed by atoms with van der Waals surface area (Å²) >= 11 is 1.05. The lowest BCUT2D eigenvalue weighted by Gasteiger charge is -2.28. The first-order valence-electron chi connectivity index (χ1n) is 8.39. The van der Waals surface area contributed by atoms with Crippen molar-refractivity contribution in [2.45, 2.75) is 6.54 Å². The smallest absolute Gasteiger partial charge is 0.338 e. The number of amides is 1. The van der Waals surface area contributed by atoms with Crippen LogP contribution in [0.3, 0.4) is 0 Å². The molecule has 0 radical (unpaired) electrons. The second-order valence-electron chi connectivity index (χ2n) is 5.97. The van der Waals surface area contributed by atoms with E-state index >= 15 is 0 Å². The maximum atomic E-state index is 12.3. The van der Waals surface area contributed by atoms with E-state index in [0.717, 1.165) is 53.0 Å². The fourth-order valence-corrected chi connectivity index (χ4v) is 3.76. The van der Waals surface area contributed by atoms with Crippen LogP contribution < -0.4 is 15.8 Å². The highest BCUT2D eigenvalue weighted by molar-refractivity contribution is 7.14. The molecule has 26 heavy (non-hydrogen) atoms. The number of hydrogen-bond donors (Lipinski definition) is 1. The van der Waals surface area contributed by atoms with E-state index in [2.05, 4.69) is 15.2 Å². The molecule has 7 nitrogen and oxygen atoms in total. The third-order valence-corrected chi connectivity index (χ3v) is 5.32. The minimum Gasteiger partial charge on any atom is -0.378 e. The predicted octanol–water partition coefficient (Wildman–Crippen LogP) is 2.05. The number of carbonyl (C=O) groups excluding carboxylic acids is 1. The zero-order chi connectivity index (χ0) is 17.9. The molecule has 0 spiro atoms. The highest BCUT2D eigenvalue weighted by atomic mass is 32.1. The quantitative estimate of drug-likeness (QED) is 0.764. The van der Waals surface area contributed by atoms with Crippen molar-refractivity contribution in [3.63, 3.8) is 0 Å². The van der Waals surface area contributed by atoms with Gasteiger partial charge in [0, 0.05) is 31.5 Å². The van der Waals surface area contributed by atoms with E-state index < -0.39 is 6.03 Å². The maximum Gasteiger partial charge on any atom is 0.338 e. The first kappa shape index (κ1) is 16.7. The number of morpholine rings is 1. The number of nitrogens with zero attached hydrogens (tertiary/aromatic N) is 3. The molecule has 0 unspecified atom stereocenters. The minimum absolute atomic E-state index is 0.335. The lowest BCUT2D eigenvalue weighted by molar-refractivity contribution is 0.122. The SMILES string of the molecule is O=C(NCc1ccc(N2CCOCC2)cc1)n1sc2ncccc2c1=O. The zero-order valence-corrected chi connectivity index (χ0v) is 14.9. The number of anilines is 1. The molecule has 0 saturated carbocycles. The number of aromatic nitrogens is 2. The maximum absolute atomic E-state index is 12.3. The molecule has 1 fully saturated rings. The van der Waals surface area contributed by atoms with Crippen LogP contribution in [0, 0.1) is 0 Å². The van der Waals surface area contributed by atoms with Gasteiger partial charge in [0.25, 0.3) is 5.56 Å². The standard InChI is InChI=1S/C18H18N4O3S/c23-17-15-2-1-7-19-16(15)26-22(17)18(24)20-12-13-3-5-14(6-4-13)21-8-10-25-11-9-21/h1-7H,8-12H2,(H,20,24). The highest BCUT2D eigenvalue weighted by Gasteiger charge is 2.14. The summed E-state index contributed by atoms with van der Waals surface area (Å²) in [6.07, 6.45) is 1.61. The second-order valence-corrected chi connectivity index (χ2v) is 6.91. The van der Waals surface area contributed by atoms with Crippen LogP contribution in [0.5, 0.6) is 0 Å². The third kappa shape index (κ3) is 3.33. The lowest BCUT2D eigenvalue weighted by Crippen LogP contribution is -2.36. The summed E-state index contributed by atoms with van der Waals surface area (Å²) in [5.41, 5.74) is 1.79. The van der Waals surface area contributed by atoms with Gasteiger partial charge in [-0.3, -0.25) is 4.79 Å². The summed E-state index contributed by atoms with van der Waals surface area (Å²) in [6, 6.07) is 11.0. The molecule has 1 aliphatic heterocycles. The van der Waals surface area contributed by atoms with Crippen LogP contribution >= 0.6 is 11.5 Å². The topological polar surface area (TPSA) is 76.5 Å². The van der Waals surface area contributed by atoms with Gasteiger partial charge in [-0.1, -0.05) is 12.1 Å². The normalized spacial score (nSPS) is 14.5. The van der Waals surface area contributed by atoms with Crippen molar-refractivity contribution < 1.29 is 9.53 Å². The van der Waals surface area contributed by atoms with Gasteiger partial charge in [-0.2, -0.15) is 3.96 Å². The molecule has 0 aliphatic carbocycles. The number of rotatable bonds is 3. The Morgan fingerprint density at radius 1 is 1.19 bits per heavy atom. The highest BCUT2D eigenvalue weighted by Crippen LogP contribution is 2.17. The Balaban J connectivity index is 1.42. The van der Waals surface area contributed by atoms with Crippen molar-refractivity contribution in [1.82, 2.24) is 14.3 Å². The van der Waals surface area contributed by atoms with Crippen molar-refractivity contribution in [3.05, 3.63) is 58.5 Å². The van der Waals surface area contributed by atoms with Crippen molar-refractivity contribution >= 4 is 33.5 Å². The number of carbonyl (C=O) groups is 1. The second kappa shape index (κ2) is 7.27. The number of ether oxygens (including phenoxy) is 1. The number of fused-ring (bicyclic) bond motifs is 1. The molecule has 134 valence electrons. The average molecular weight is 370 g/mol. The van der Waals surface area contributed by atoms with Crippen LogP contribution in [0.1, 0.15) is 5.56 Å². The molecular formula is C18H18N4O3S. The van der Waals surface area contributed by atoms with Gasteiger partial charge in [0.05, 0.1) is 18.6 Å². The van der Waals surface area contributed by atoms with Crippen molar-refractivity contribution in [2.75, 3.05) is 31.2 Å². The molecule has 1 aliphatic rings. The molecule has 3 aromatic rings. The van der Waals surface area contributed by atoms with Gasteiger partial charge in [-0.15, -0.1) is 0 Å². The van der Waals surface area contributed by atoms with Crippen LogP contribution in [0.15, 0.2) is 47.4 Å². The summed E-state index contributed by atoms with van der Waals surface area (Å²) in [4.78, 5) is 31.5. The Morgan fingerprint density at radius 3 is 2.69 bits per heavy atom. The van der Waals surface area contributed by atoms with Crippen LogP contribution in [0.2, 0.25) is 0 Å². The van der Waals surface area contributed by atoms with Crippen molar-refractivity contribution in [1.29, 1.82) is 0 Å². The largest absolute Gasteiger partial charge is 0.378 e. The van der Waals surface area contributed by atoms with Gasteiger partial charge in [-0.25, -0.2) is 9.78 Å². The molecule has 0 bridgehead atoms. The molecule has 2 aromatic heterocycles. The average Bonchev–Trinajstić information content (AvgIpc) is 3.04. The van der Waals surface area contributed by atoms with Gasteiger partial charge < -0.3 is 15.0 Å². The summed E-state index contributed by atoms with van der Waals surface area (Å²) in [7, 11) is 0. The Morgan fingerprint density at radius 2 is 1.96 bits per heavy atom. The molecule has 3 heterocycles. The van der Waals surface area contributed by atoms with Crippen LogP contribution in [-0.4, -0.2) is 41.3 Å². The van der Waals surface area contributed by atoms with Crippen molar-refractivity contribution in [3.8, 4) is 0 Å². The minimum atomic E-state index is -0.435. The Kier molecular flexibility index (Phi) is 4.68. The third-order valence-electron chi connectivity index (χ3n) is 4.30. The predicted molar refractivity (Wildman–Crippen MR) is 101 cm³/mol. The number of pyridine rings is 1. The van der Waals surface area contributed by atoms with Gasteiger partial charge in [0.1, 0.15) is 4.83 Å². The van der Waals surface area contributed by atoms with E-state index in [-0.39, 0.29) is 5.56 Å². The number of nitrogens with one attached hydrogen (secondary N) is 1. The molecule has 1 saturated heterocycles. The van der Waals surface area contributed by atoms with E-state index in [0.29, 0.717) is 16.8 Å². The molecule has 4 rings (SSSR count). The molecular weight excluding hydrogens is 352 g/mol. The Bertz CT molecular complexity index is 974. The molecule has 1 aromatic carbocycles. The Labute approximate surface area is 154 Å². The van der Waals surface area contributed by atoms with E-state index in [4.69, 9.17) is 4.74 Å². The van der Waals surface area contributed by atoms with Gasteiger partial charge in [0.2, 0.25) is 0 Å². The summed E-state index contributed by atoms with van der Waals surface area (Å²) in [5.74, 6) is 0. The van der Waals surface area contributed by atoms with Crippen LogP contribution in [-0.2, 0) is 11.3 Å². The van der Waals surface area contributed by atoms with Gasteiger partial charge >= 0.3 is 6.03 Å². The molecule has 0 atom stereocenters. The zero-order valence-electron chi connectivity index (χ0n) is 14.1. The van der Waals surface area contributed by atoms with Crippen LogP contribution in [0.4, 0.5) is 10.5 Å². The fourth-order valence-electron chi connectivity index (χ4n) is 2.89. The van der Waals surface area contributed by atoms with Gasteiger partial charge in [0.15, 0.2) is 0 Å². The fraction of sp³-hybridized carbons (Fsp3) is 0.278. The summed E-state index contributed by atoms with van der Waals surface area (Å²) in [5, 5.41) is 3.25. The van der Waals surface area contributed by atoms with Crippen molar-refractivity contribution in [2.24, 2.45) is 0 Å². The number of hydrogen-bond acceptors (Lipinski definition) is 6. The van der Waals surface area contributed by atoms with E-state index in [1.54, 1.807) is 18.3 Å².